The van der Waals surface area contributed by atoms with Crippen LogP contribution in [0.1, 0.15) is 29.7 Å². The standard InChI is InChI=1S/C20H31N7O.HI/c1-4-21-20(23-14-19-25-24-16(2)26(19)3)22-13-17-7-5-6-8-18(17)15-27-9-11-28-12-10-27;/h5-8H,4,9-15H2,1-3H3,(H2,21,22,23);1H. The third kappa shape index (κ3) is 6.93. The quantitative estimate of drug-likeness (QED) is 0.334. The number of ether oxygens (including phenoxy) is 1. The van der Waals surface area contributed by atoms with Gasteiger partial charge in [-0.15, -0.1) is 34.2 Å². The molecule has 1 saturated heterocycles. The number of aryl methyl sites for hydroxylation is 1. The van der Waals surface area contributed by atoms with Gasteiger partial charge in [0.25, 0.3) is 0 Å². The predicted octanol–water partition coefficient (Wildman–Crippen LogP) is 1.83. The SMILES string of the molecule is CCNC(=NCc1ccccc1CN1CCOCC1)NCc1nnc(C)n1C.I. The van der Waals surface area contributed by atoms with Crippen molar-refractivity contribution in [2.45, 2.75) is 33.5 Å². The van der Waals surface area contributed by atoms with Gasteiger partial charge in [-0.1, -0.05) is 24.3 Å². The van der Waals surface area contributed by atoms with E-state index in [1.165, 1.54) is 11.1 Å². The van der Waals surface area contributed by atoms with E-state index in [1.807, 2.05) is 18.5 Å². The number of nitrogens with one attached hydrogen (secondary N) is 2. The summed E-state index contributed by atoms with van der Waals surface area (Å²) < 4.78 is 7.44. The number of hydrogen-bond donors (Lipinski definition) is 2. The van der Waals surface area contributed by atoms with Crippen LogP contribution < -0.4 is 10.6 Å². The maximum atomic E-state index is 5.46. The molecule has 2 aromatic rings. The fourth-order valence-electron chi connectivity index (χ4n) is 3.14. The fourth-order valence-corrected chi connectivity index (χ4v) is 3.14. The number of rotatable bonds is 7. The Morgan fingerprint density at radius 3 is 2.52 bits per heavy atom. The third-order valence-electron chi connectivity index (χ3n) is 4.96. The van der Waals surface area contributed by atoms with Crippen LogP contribution in [0.3, 0.4) is 0 Å². The average Bonchev–Trinajstić information content (AvgIpc) is 3.04. The molecule has 0 spiro atoms. The highest BCUT2D eigenvalue weighted by Crippen LogP contribution is 2.14. The number of morpholine rings is 1. The smallest absolute Gasteiger partial charge is 0.191 e. The summed E-state index contributed by atoms with van der Waals surface area (Å²) in [5.74, 6) is 2.57. The van der Waals surface area contributed by atoms with Crippen molar-refractivity contribution in [3.63, 3.8) is 0 Å². The number of aromatic nitrogens is 3. The molecule has 2 N–H and O–H groups in total. The molecule has 1 aliphatic heterocycles. The van der Waals surface area contributed by atoms with Crippen LogP contribution in [0, 0.1) is 6.92 Å². The number of hydrogen-bond acceptors (Lipinski definition) is 5. The second kappa shape index (κ2) is 12.1. The molecule has 9 heteroatoms. The molecule has 0 unspecified atom stereocenters. The molecule has 2 heterocycles. The van der Waals surface area contributed by atoms with Crippen molar-refractivity contribution in [1.82, 2.24) is 30.3 Å². The normalized spacial score (nSPS) is 15.1. The lowest BCUT2D eigenvalue weighted by Crippen LogP contribution is -2.37. The zero-order valence-corrected chi connectivity index (χ0v) is 19.8. The molecule has 0 bridgehead atoms. The lowest BCUT2D eigenvalue weighted by Gasteiger charge is -2.27. The van der Waals surface area contributed by atoms with Crippen LogP contribution in [0.25, 0.3) is 0 Å². The fraction of sp³-hybridized carbons (Fsp3) is 0.550. The van der Waals surface area contributed by atoms with Gasteiger partial charge >= 0.3 is 0 Å². The highest BCUT2D eigenvalue weighted by atomic mass is 127. The highest BCUT2D eigenvalue weighted by Gasteiger charge is 2.13. The molecule has 29 heavy (non-hydrogen) atoms. The van der Waals surface area contributed by atoms with Crippen LogP contribution in [0.2, 0.25) is 0 Å². The Bertz CT molecular complexity index is 787. The van der Waals surface area contributed by atoms with Gasteiger partial charge in [-0.2, -0.15) is 0 Å². The minimum Gasteiger partial charge on any atom is -0.379 e. The van der Waals surface area contributed by atoms with Crippen molar-refractivity contribution in [3.8, 4) is 0 Å². The average molecular weight is 513 g/mol. The highest BCUT2D eigenvalue weighted by molar-refractivity contribution is 14.0. The first-order chi connectivity index (χ1) is 13.7. The van der Waals surface area contributed by atoms with E-state index in [4.69, 9.17) is 9.73 Å². The number of guanidine groups is 1. The number of aliphatic imine (C=N–C) groups is 1. The summed E-state index contributed by atoms with van der Waals surface area (Å²) in [6, 6.07) is 8.54. The molecule has 3 rings (SSSR count). The third-order valence-corrected chi connectivity index (χ3v) is 4.96. The van der Waals surface area contributed by atoms with Gasteiger partial charge in [0.05, 0.1) is 26.3 Å². The van der Waals surface area contributed by atoms with Gasteiger partial charge in [-0.3, -0.25) is 4.90 Å². The Kier molecular flexibility index (Phi) is 9.82. The van der Waals surface area contributed by atoms with Crippen LogP contribution in [0.4, 0.5) is 0 Å². The van der Waals surface area contributed by atoms with E-state index >= 15 is 0 Å². The molecule has 0 saturated carbocycles. The molecule has 160 valence electrons. The Labute approximate surface area is 190 Å². The lowest BCUT2D eigenvalue weighted by atomic mass is 10.1. The van der Waals surface area contributed by atoms with Gasteiger partial charge in [0.2, 0.25) is 0 Å². The summed E-state index contributed by atoms with van der Waals surface area (Å²) in [4.78, 5) is 7.22. The van der Waals surface area contributed by atoms with Crippen molar-refractivity contribution in [1.29, 1.82) is 0 Å². The monoisotopic (exact) mass is 513 g/mol. The van der Waals surface area contributed by atoms with E-state index in [9.17, 15) is 0 Å². The van der Waals surface area contributed by atoms with Gasteiger partial charge in [0.15, 0.2) is 11.8 Å². The van der Waals surface area contributed by atoms with Crippen molar-refractivity contribution < 1.29 is 4.74 Å². The molecule has 8 nitrogen and oxygen atoms in total. The van der Waals surface area contributed by atoms with E-state index in [1.54, 1.807) is 0 Å². The van der Waals surface area contributed by atoms with Crippen LogP contribution >= 0.6 is 24.0 Å². The van der Waals surface area contributed by atoms with Crippen LogP contribution in [0.15, 0.2) is 29.3 Å². The molecular weight excluding hydrogens is 481 g/mol. The van der Waals surface area contributed by atoms with Crippen molar-refractivity contribution in [3.05, 3.63) is 47.0 Å². The maximum absolute atomic E-state index is 5.46. The molecule has 1 fully saturated rings. The zero-order chi connectivity index (χ0) is 19.8. The molecule has 1 aliphatic rings. The van der Waals surface area contributed by atoms with Crippen molar-refractivity contribution in [2.75, 3.05) is 32.8 Å². The predicted molar refractivity (Wildman–Crippen MR) is 125 cm³/mol. The summed E-state index contributed by atoms with van der Waals surface area (Å²) >= 11 is 0. The number of nitrogens with zero attached hydrogens (tertiary/aromatic N) is 5. The van der Waals surface area contributed by atoms with E-state index < -0.39 is 0 Å². The molecular formula is C20H32IN7O. The van der Waals surface area contributed by atoms with E-state index in [0.29, 0.717) is 13.1 Å². The van der Waals surface area contributed by atoms with Crippen LogP contribution in [0.5, 0.6) is 0 Å². The Morgan fingerprint density at radius 1 is 1.14 bits per heavy atom. The van der Waals surface area contributed by atoms with Crippen molar-refractivity contribution >= 4 is 29.9 Å². The maximum Gasteiger partial charge on any atom is 0.191 e. The lowest BCUT2D eigenvalue weighted by molar-refractivity contribution is 0.0341. The topological polar surface area (TPSA) is 79.6 Å². The van der Waals surface area contributed by atoms with E-state index in [2.05, 4.69) is 56.9 Å². The number of benzene rings is 1. The van der Waals surface area contributed by atoms with E-state index in [-0.39, 0.29) is 24.0 Å². The Morgan fingerprint density at radius 2 is 1.86 bits per heavy atom. The second-order valence-electron chi connectivity index (χ2n) is 6.93. The summed E-state index contributed by atoms with van der Waals surface area (Å²) in [5, 5.41) is 15.0. The minimum atomic E-state index is 0. The van der Waals surface area contributed by atoms with Gasteiger partial charge < -0.3 is 19.9 Å². The summed E-state index contributed by atoms with van der Waals surface area (Å²) in [6.07, 6.45) is 0. The van der Waals surface area contributed by atoms with Gasteiger partial charge in [-0.25, -0.2) is 4.99 Å². The molecule has 0 aliphatic carbocycles. The van der Waals surface area contributed by atoms with E-state index in [0.717, 1.165) is 57.0 Å². The summed E-state index contributed by atoms with van der Waals surface area (Å²) in [5.41, 5.74) is 2.58. The summed E-state index contributed by atoms with van der Waals surface area (Å²) in [7, 11) is 1.97. The van der Waals surface area contributed by atoms with Crippen LogP contribution in [-0.4, -0.2) is 58.5 Å². The largest absolute Gasteiger partial charge is 0.379 e. The first kappa shape index (κ1) is 23.6. The zero-order valence-electron chi connectivity index (χ0n) is 17.5. The van der Waals surface area contributed by atoms with Gasteiger partial charge in [0.1, 0.15) is 5.82 Å². The first-order valence-electron chi connectivity index (χ1n) is 9.91. The Hall–Kier alpha value is -1.72. The van der Waals surface area contributed by atoms with Crippen LogP contribution in [-0.2, 0) is 31.4 Å². The molecule has 1 aromatic carbocycles. The first-order valence-corrected chi connectivity index (χ1v) is 9.91. The molecule has 0 amide bonds. The Balaban J connectivity index is 0.00000300. The molecule has 1 aromatic heterocycles. The second-order valence-corrected chi connectivity index (χ2v) is 6.93. The van der Waals surface area contributed by atoms with Gasteiger partial charge in [-0.05, 0) is 25.0 Å². The molecule has 0 atom stereocenters. The number of halogens is 1. The van der Waals surface area contributed by atoms with Crippen molar-refractivity contribution in [2.24, 2.45) is 12.0 Å². The summed E-state index contributed by atoms with van der Waals surface area (Å²) in [6.45, 7) is 10.6. The van der Waals surface area contributed by atoms with Gasteiger partial charge in [0, 0.05) is 33.2 Å². The molecule has 0 radical (unpaired) electrons. The minimum absolute atomic E-state index is 0.